The third-order valence-electron chi connectivity index (χ3n) is 2.80. The Balaban J connectivity index is 2.90. The first-order chi connectivity index (χ1) is 9.43. The van der Waals surface area contributed by atoms with E-state index in [0.29, 0.717) is 29.7 Å². The second-order valence-corrected chi connectivity index (χ2v) is 5.51. The smallest absolute Gasteiger partial charge is 0.180 e. The molecule has 112 valence electrons. The van der Waals surface area contributed by atoms with Crippen molar-refractivity contribution in [2.24, 2.45) is 0 Å². The van der Waals surface area contributed by atoms with Gasteiger partial charge >= 0.3 is 0 Å². The van der Waals surface area contributed by atoms with Crippen LogP contribution in [0.25, 0.3) is 0 Å². The number of halogens is 1. The number of methoxy groups -OCH3 is 1. The summed E-state index contributed by atoms with van der Waals surface area (Å²) in [7, 11) is 1.57. The van der Waals surface area contributed by atoms with Gasteiger partial charge in [0.2, 0.25) is 0 Å². The summed E-state index contributed by atoms with van der Waals surface area (Å²) in [5, 5.41) is 13.0. The molecule has 0 heterocycles. The molecule has 2 N–H and O–H groups in total. The molecule has 0 saturated carbocycles. The van der Waals surface area contributed by atoms with Crippen molar-refractivity contribution >= 4 is 11.6 Å². The minimum absolute atomic E-state index is 0.0540. The SMILES string of the molecule is C=CCOc1c(Cl)cc(CNC(C)(C)CO)cc1OC. The first-order valence-electron chi connectivity index (χ1n) is 6.39. The standard InChI is InChI=1S/C15H22ClNO3/c1-5-6-20-14-12(16)7-11(8-13(14)19-4)9-17-15(2,3)10-18/h5,7-8,17-18H,1,6,9-10H2,2-4H3. The highest BCUT2D eigenvalue weighted by Crippen LogP contribution is 2.36. The Bertz CT molecular complexity index is 461. The van der Waals surface area contributed by atoms with Crippen LogP contribution in [0.5, 0.6) is 11.5 Å². The van der Waals surface area contributed by atoms with E-state index in [1.54, 1.807) is 13.2 Å². The Morgan fingerprint density at radius 1 is 1.45 bits per heavy atom. The molecule has 0 atom stereocenters. The molecule has 0 amide bonds. The Kier molecular flexibility index (Phi) is 6.33. The maximum absolute atomic E-state index is 9.23. The predicted octanol–water partition coefficient (Wildman–Crippen LogP) is 2.77. The van der Waals surface area contributed by atoms with Crippen LogP contribution in [0.15, 0.2) is 24.8 Å². The van der Waals surface area contributed by atoms with Crippen molar-refractivity contribution in [3.8, 4) is 11.5 Å². The van der Waals surface area contributed by atoms with E-state index < -0.39 is 0 Å². The maximum atomic E-state index is 9.23. The van der Waals surface area contributed by atoms with Crippen molar-refractivity contribution < 1.29 is 14.6 Å². The average Bonchev–Trinajstić information content (AvgIpc) is 2.43. The lowest BCUT2D eigenvalue weighted by atomic mass is 10.1. The third kappa shape index (κ3) is 4.71. The topological polar surface area (TPSA) is 50.7 Å². The number of ether oxygens (including phenoxy) is 2. The molecule has 1 aromatic carbocycles. The summed E-state index contributed by atoms with van der Waals surface area (Å²) in [6.45, 7) is 8.44. The van der Waals surface area contributed by atoms with Gasteiger partial charge in [-0.1, -0.05) is 24.3 Å². The molecule has 1 aromatic rings. The first kappa shape index (κ1) is 16.8. The van der Waals surface area contributed by atoms with Crippen LogP contribution < -0.4 is 14.8 Å². The second kappa shape index (κ2) is 7.53. The van der Waals surface area contributed by atoms with Crippen molar-refractivity contribution in [1.82, 2.24) is 5.32 Å². The minimum Gasteiger partial charge on any atom is -0.493 e. The molecule has 0 bridgehead atoms. The molecule has 0 fully saturated rings. The average molecular weight is 300 g/mol. The van der Waals surface area contributed by atoms with E-state index in [9.17, 15) is 5.11 Å². The normalized spacial score (nSPS) is 11.2. The van der Waals surface area contributed by atoms with Crippen LogP contribution in [0.3, 0.4) is 0 Å². The minimum atomic E-state index is -0.349. The molecule has 0 saturated heterocycles. The number of rotatable bonds is 8. The van der Waals surface area contributed by atoms with Crippen molar-refractivity contribution in [2.75, 3.05) is 20.3 Å². The van der Waals surface area contributed by atoms with E-state index >= 15 is 0 Å². The molecule has 0 aliphatic carbocycles. The fourth-order valence-electron chi connectivity index (χ4n) is 1.55. The largest absolute Gasteiger partial charge is 0.493 e. The monoisotopic (exact) mass is 299 g/mol. The Morgan fingerprint density at radius 3 is 2.70 bits per heavy atom. The number of hydrogen-bond acceptors (Lipinski definition) is 4. The van der Waals surface area contributed by atoms with Gasteiger partial charge in [-0.25, -0.2) is 0 Å². The van der Waals surface area contributed by atoms with E-state index in [4.69, 9.17) is 21.1 Å². The van der Waals surface area contributed by atoms with Gasteiger partial charge in [0.05, 0.1) is 18.7 Å². The molecule has 0 spiro atoms. The summed E-state index contributed by atoms with van der Waals surface area (Å²) in [6, 6.07) is 3.69. The molecule has 20 heavy (non-hydrogen) atoms. The molecular weight excluding hydrogens is 278 g/mol. The van der Waals surface area contributed by atoms with E-state index in [1.165, 1.54) is 0 Å². The van der Waals surface area contributed by atoms with Gasteiger partial charge in [-0.2, -0.15) is 0 Å². The number of hydrogen-bond donors (Lipinski definition) is 2. The highest BCUT2D eigenvalue weighted by Gasteiger charge is 2.17. The summed E-state index contributed by atoms with van der Waals surface area (Å²) < 4.78 is 10.8. The number of aliphatic hydroxyl groups excluding tert-OH is 1. The summed E-state index contributed by atoms with van der Waals surface area (Å²) >= 11 is 6.22. The third-order valence-corrected chi connectivity index (χ3v) is 3.08. The zero-order chi connectivity index (χ0) is 15.2. The second-order valence-electron chi connectivity index (χ2n) is 5.10. The van der Waals surface area contributed by atoms with Crippen LogP contribution in [0.4, 0.5) is 0 Å². The summed E-state index contributed by atoms with van der Waals surface area (Å²) in [5.74, 6) is 1.09. The number of aliphatic hydroxyl groups is 1. The molecular formula is C15H22ClNO3. The van der Waals surface area contributed by atoms with Gasteiger partial charge in [-0.05, 0) is 31.5 Å². The van der Waals surface area contributed by atoms with Crippen LogP contribution >= 0.6 is 11.6 Å². The van der Waals surface area contributed by atoms with Crippen LogP contribution in [-0.2, 0) is 6.54 Å². The fraction of sp³-hybridized carbons (Fsp3) is 0.467. The number of benzene rings is 1. The maximum Gasteiger partial charge on any atom is 0.180 e. The van der Waals surface area contributed by atoms with E-state index in [1.807, 2.05) is 26.0 Å². The highest BCUT2D eigenvalue weighted by molar-refractivity contribution is 6.32. The van der Waals surface area contributed by atoms with E-state index in [2.05, 4.69) is 11.9 Å². The van der Waals surface area contributed by atoms with Crippen LogP contribution in [0.1, 0.15) is 19.4 Å². The first-order valence-corrected chi connectivity index (χ1v) is 6.77. The highest BCUT2D eigenvalue weighted by atomic mass is 35.5. The van der Waals surface area contributed by atoms with Crippen LogP contribution in [0.2, 0.25) is 5.02 Å². The zero-order valence-corrected chi connectivity index (χ0v) is 13.0. The summed E-state index contributed by atoms with van der Waals surface area (Å²) in [5.41, 5.74) is 0.608. The number of nitrogens with one attached hydrogen (secondary N) is 1. The molecule has 4 nitrogen and oxygen atoms in total. The van der Waals surface area contributed by atoms with Gasteiger partial charge in [0.25, 0.3) is 0 Å². The molecule has 0 aromatic heterocycles. The summed E-state index contributed by atoms with van der Waals surface area (Å²) in [4.78, 5) is 0. The Morgan fingerprint density at radius 2 is 2.15 bits per heavy atom. The van der Waals surface area contributed by atoms with Crippen molar-refractivity contribution in [1.29, 1.82) is 0 Å². The van der Waals surface area contributed by atoms with Gasteiger partial charge in [0.15, 0.2) is 11.5 Å². The quantitative estimate of drug-likeness (QED) is 0.725. The lowest BCUT2D eigenvalue weighted by Gasteiger charge is -2.24. The van der Waals surface area contributed by atoms with Gasteiger partial charge < -0.3 is 19.9 Å². The Labute approximate surface area is 125 Å². The fourth-order valence-corrected chi connectivity index (χ4v) is 1.84. The van der Waals surface area contributed by atoms with Crippen LogP contribution in [-0.4, -0.2) is 31.0 Å². The van der Waals surface area contributed by atoms with Crippen molar-refractivity contribution in [3.63, 3.8) is 0 Å². The molecule has 1 rings (SSSR count). The van der Waals surface area contributed by atoms with Gasteiger partial charge in [-0.3, -0.25) is 0 Å². The van der Waals surface area contributed by atoms with Crippen LogP contribution in [0, 0.1) is 0 Å². The van der Waals surface area contributed by atoms with E-state index in [0.717, 1.165) is 5.56 Å². The van der Waals surface area contributed by atoms with Crippen molar-refractivity contribution in [2.45, 2.75) is 25.9 Å². The van der Waals surface area contributed by atoms with Gasteiger partial charge in [0.1, 0.15) is 6.61 Å². The van der Waals surface area contributed by atoms with Gasteiger partial charge in [-0.15, -0.1) is 0 Å². The molecule has 0 aliphatic rings. The van der Waals surface area contributed by atoms with Gasteiger partial charge in [0, 0.05) is 12.1 Å². The summed E-state index contributed by atoms with van der Waals surface area (Å²) in [6.07, 6.45) is 1.65. The molecule has 0 radical (unpaired) electrons. The predicted molar refractivity (Wildman–Crippen MR) is 81.7 cm³/mol. The lowest BCUT2D eigenvalue weighted by molar-refractivity contribution is 0.187. The molecule has 0 aliphatic heterocycles. The molecule has 0 unspecified atom stereocenters. The Hall–Kier alpha value is -1.23. The van der Waals surface area contributed by atoms with E-state index in [-0.39, 0.29) is 12.1 Å². The lowest BCUT2D eigenvalue weighted by Crippen LogP contribution is -2.42. The van der Waals surface area contributed by atoms with Crippen molar-refractivity contribution in [3.05, 3.63) is 35.4 Å². The molecule has 5 heteroatoms. The zero-order valence-electron chi connectivity index (χ0n) is 12.2.